The summed E-state index contributed by atoms with van der Waals surface area (Å²) in [5.74, 6) is 2.03. The molecule has 0 bridgehead atoms. The summed E-state index contributed by atoms with van der Waals surface area (Å²) in [4.78, 5) is 4.82. The summed E-state index contributed by atoms with van der Waals surface area (Å²) in [5.41, 5.74) is 11.0. The number of para-hydroxylation sites is 1. The van der Waals surface area contributed by atoms with Crippen molar-refractivity contribution >= 4 is 21.8 Å². The Hall–Kier alpha value is -6.03. The minimum absolute atomic E-state index is 0. The van der Waals surface area contributed by atoms with Crippen molar-refractivity contribution in [1.29, 1.82) is 0 Å². The smallest absolute Gasteiger partial charge is 0.267 e. The molecule has 9 aromatic rings. The van der Waals surface area contributed by atoms with Crippen molar-refractivity contribution in [3.05, 3.63) is 188 Å². The van der Waals surface area contributed by atoms with Crippen molar-refractivity contribution in [2.24, 2.45) is 0 Å². The molecule has 6 heteroatoms. The van der Waals surface area contributed by atoms with E-state index in [9.17, 15) is 0 Å². The standard InChI is InChI=1S/C52H44N4O.Pt/c1-51(2,3)38-26-27-53-49(30-38)56-47-23-14-13-22-43(47)44-25-24-42(34-48(44)56)57-41-21-15-20-39(31-41)54-28-29-55(35-54)40-32-45(36-16-9-7-10-17-36)50(52(4,5)6)46(33-40)37-18-11-8-12-19-37;/h7-30,32-33H,1-6H3;/q-2;. The molecule has 0 saturated carbocycles. The third-order valence-corrected chi connectivity index (χ3v) is 10.5. The number of hydrogen-bond acceptors (Lipinski definition) is 2. The molecule has 290 valence electrons. The maximum atomic E-state index is 6.50. The van der Waals surface area contributed by atoms with Crippen molar-refractivity contribution < 1.29 is 30.4 Å². The maximum absolute atomic E-state index is 6.50. The van der Waals surface area contributed by atoms with Gasteiger partial charge in [-0.05, 0) is 85.6 Å². The van der Waals surface area contributed by atoms with Crippen molar-refractivity contribution in [2.75, 3.05) is 0 Å². The van der Waals surface area contributed by atoms with E-state index < -0.39 is 0 Å². The van der Waals surface area contributed by atoms with Gasteiger partial charge in [0.1, 0.15) is 5.82 Å². The molecule has 9 rings (SSSR count). The average Bonchev–Trinajstić information content (AvgIpc) is 3.84. The van der Waals surface area contributed by atoms with Crippen LogP contribution in [0.3, 0.4) is 0 Å². The third-order valence-electron chi connectivity index (χ3n) is 10.5. The molecule has 0 N–H and O–H groups in total. The molecule has 0 radical (unpaired) electrons. The Morgan fingerprint density at radius 1 is 0.621 bits per heavy atom. The van der Waals surface area contributed by atoms with E-state index in [1.807, 2.05) is 47.4 Å². The zero-order valence-electron chi connectivity index (χ0n) is 33.5. The van der Waals surface area contributed by atoms with E-state index in [1.54, 1.807) is 0 Å². The normalized spacial score (nSPS) is 11.8. The molecular formula is C52H44N4OPt-2. The van der Waals surface area contributed by atoms with Crippen LogP contribution in [0.4, 0.5) is 0 Å². The van der Waals surface area contributed by atoms with Gasteiger partial charge in [-0.15, -0.1) is 29.7 Å². The van der Waals surface area contributed by atoms with E-state index in [-0.39, 0.29) is 31.9 Å². The molecule has 5 nitrogen and oxygen atoms in total. The molecule has 0 spiro atoms. The van der Waals surface area contributed by atoms with E-state index in [4.69, 9.17) is 9.72 Å². The summed E-state index contributed by atoms with van der Waals surface area (Å²) in [6, 6.07) is 55.7. The van der Waals surface area contributed by atoms with Gasteiger partial charge < -0.3 is 13.9 Å². The van der Waals surface area contributed by atoms with Crippen molar-refractivity contribution in [1.82, 2.24) is 14.1 Å². The van der Waals surface area contributed by atoms with Crippen molar-refractivity contribution in [3.63, 3.8) is 0 Å². The van der Waals surface area contributed by atoms with Crippen LogP contribution in [0.25, 0.3) is 61.3 Å². The van der Waals surface area contributed by atoms with Crippen molar-refractivity contribution in [2.45, 2.75) is 52.4 Å². The first-order valence-corrected chi connectivity index (χ1v) is 19.5. The minimum Gasteiger partial charge on any atom is -0.510 e. The largest absolute Gasteiger partial charge is 0.510 e. The Labute approximate surface area is 355 Å². The fourth-order valence-corrected chi connectivity index (χ4v) is 7.79. The number of ether oxygens (including phenoxy) is 1. The van der Waals surface area contributed by atoms with Gasteiger partial charge in [0.25, 0.3) is 6.33 Å². The second-order valence-electron chi connectivity index (χ2n) is 16.6. The van der Waals surface area contributed by atoms with Crippen LogP contribution in [-0.2, 0) is 31.9 Å². The van der Waals surface area contributed by atoms with E-state index in [2.05, 4.69) is 184 Å². The van der Waals surface area contributed by atoms with Crippen LogP contribution in [-0.4, -0.2) is 14.1 Å². The third kappa shape index (κ3) is 7.43. The van der Waals surface area contributed by atoms with Gasteiger partial charge in [-0.3, -0.25) is 4.57 Å². The van der Waals surface area contributed by atoms with Crippen LogP contribution in [0.1, 0.15) is 52.7 Å². The zero-order chi connectivity index (χ0) is 39.3. The van der Waals surface area contributed by atoms with Gasteiger partial charge in [0, 0.05) is 56.7 Å². The summed E-state index contributed by atoms with van der Waals surface area (Å²) in [5, 5.41) is 2.23. The van der Waals surface area contributed by atoms with Gasteiger partial charge in [0.05, 0.1) is 5.69 Å². The molecule has 3 heterocycles. The quantitative estimate of drug-likeness (QED) is 0.118. The SMILES string of the molecule is CC(C)(C)c1ccnc(-n2c3[c-]c(Oc4[c-]c(-n5[c-][n+](-c6cc(-c7ccccc7)c(C(C)(C)C)c(-c7ccccc7)c6)cc5)ccc4)ccc3c3ccccc32)c1.[Pt]. The summed E-state index contributed by atoms with van der Waals surface area (Å²) in [6.07, 6.45) is 9.50. The van der Waals surface area contributed by atoms with E-state index in [1.165, 1.54) is 33.4 Å². The summed E-state index contributed by atoms with van der Waals surface area (Å²) < 4.78 is 12.7. The van der Waals surface area contributed by atoms with Crippen LogP contribution in [0.2, 0.25) is 0 Å². The predicted molar refractivity (Wildman–Crippen MR) is 231 cm³/mol. The number of fused-ring (bicyclic) bond motifs is 3. The molecule has 3 aromatic heterocycles. The second-order valence-corrected chi connectivity index (χ2v) is 16.6. The fraction of sp³-hybridized carbons (Fsp3) is 0.154. The van der Waals surface area contributed by atoms with Gasteiger partial charge in [0.2, 0.25) is 0 Å². The summed E-state index contributed by atoms with van der Waals surface area (Å²) >= 11 is 0. The maximum Gasteiger partial charge on any atom is 0.267 e. The molecular weight excluding hydrogens is 892 g/mol. The number of pyridine rings is 1. The Morgan fingerprint density at radius 3 is 1.95 bits per heavy atom. The summed E-state index contributed by atoms with van der Waals surface area (Å²) in [6.45, 7) is 13.5. The number of rotatable bonds is 7. The van der Waals surface area contributed by atoms with Crippen molar-refractivity contribution in [3.8, 4) is 50.9 Å². The number of benzene rings is 6. The number of aromatic nitrogens is 4. The minimum atomic E-state index is -0.0999. The first kappa shape index (κ1) is 38.8. The van der Waals surface area contributed by atoms with Gasteiger partial charge in [0.15, 0.2) is 0 Å². The van der Waals surface area contributed by atoms with E-state index in [0.717, 1.165) is 39.0 Å². The van der Waals surface area contributed by atoms with Crippen LogP contribution in [0.15, 0.2) is 158 Å². The van der Waals surface area contributed by atoms with Gasteiger partial charge >= 0.3 is 0 Å². The Balaban J connectivity index is 0.00000469. The van der Waals surface area contributed by atoms with Gasteiger partial charge in [-0.1, -0.05) is 126 Å². The molecule has 0 aliphatic heterocycles. The molecule has 0 amide bonds. The molecule has 0 aliphatic carbocycles. The van der Waals surface area contributed by atoms with Gasteiger partial charge in [-0.2, -0.15) is 18.2 Å². The van der Waals surface area contributed by atoms with Crippen LogP contribution < -0.4 is 9.30 Å². The first-order chi connectivity index (χ1) is 27.5. The molecule has 0 aliphatic rings. The number of imidazole rings is 1. The van der Waals surface area contributed by atoms with E-state index >= 15 is 0 Å². The molecule has 0 fully saturated rings. The Kier molecular flexibility index (Phi) is 10.3. The number of nitrogens with zero attached hydrogens (tertiary/aromatic N) is 4. The number of hydrogen-bond donors (Lipinski definition) is 0. The topological polar surface area (TPSA) is 35.9 Å². The molecule has 6 aromatic carbocycles. The molecule has 0 unspecified atom stereocenters. The fourth-order valence-electron chi connectivity index (χ4n) is 7.79. The molecule has 0 atom stereocenters. The van der Waals surface area contributed by atoms with Crippen LogP contribution in [0.5, 0.6) is 11.5 Å². The second kappa shape index (κ2) is 15.4. The van der Waals surface area contributed by atoms with Gasteiger partial charge in [-0.25, -0.2) is 4.98 Å². The van der Waals surface area contributed by atoms with Crippen LogP contribution in [0, 0.1) is 18.5 Å². The monoisotopic (exact) mass is 935 g/mol. The molecule has 58 heavy (non-hydrogen) atoms. The van der Waals surface area contributed by atoms with E-state index in [0.29, 0.717) is 11.5 Å². The average molecular weight is 936 g/mol. The Bertz CT molecular complexity index is 2830. The summed E-state index contributed by atoms with van der Waals surface area (Å²) in [7, 11) is 0. The predicted octanol–water partition coefficient (Wildman–Crippen LogP) is 12.4. The first-order valence-electron chi connectivity index (χ1n) is 19.5. The van der Waals surface area contributed by atoms with Crippen LogP contribution >= 0.6 is 0 Å². The Morgan fingerprint density at radius 2 is 1.28 bits per heavy atom. The molecule has 0 saturated heterocycles. The zero-order valence-corrected chi connectivity index (χ0v) is 35.8.